The molecule has 0 aliphatic rings. The third-order valence-electron chi connectivity index (χ3n) is 2.83. The zero-order valence-corrected chi connectivity index (χ0v) is 11.1. The minimum atomic E-state index is -0.0437. The normalized spacial score (nSPS) is 11.9. The summed E-state index contributed by atoms with van der Waals surface area (Å²) in [6, 6.07) is 9.93. The van der Waals surface area contributed by atoms with Crippen molar-refractivity contribution < 1.29 is 5.11 Å². The molecule has 0 spiro atoms. The van der Waals surface area contributed by atoms with Gasteiger partial charge in [-0.1, -0.05) is 47.9 Å². The van der Waals surface area contributed by atoms with Crippen LogP contribution in [0.5, 0.6) is 0 Å². The molecule has 0 aliphatic carbocycles. The fraction of sp³-hybridized carbons (Fsp3) is 0.375. The SMILES string of the molecule is C#CCN(CC=C(C)C)[C@H](CO)c1ccccc1. The zero-order valence-electron chi connectivity index (χ0n) is 11.1. The summed E-state index contributed by atoms with van der Waals surface area (Å²) in [5.74, 6) is 2.66. The first-order valence-electron chi connectivity index (χ1n) is 6.15. The van der Waals surface area contributed by atoms with Gasteiger partial charge in [-0.2, -0.15) is 0 Å². The standard InChI is InChI=1S/C16H21NO/c1-4-11-17(12-10-14(2)3)16(13-18)15-8-6-5-7-9-15/h1,5-10,16,18H,11-13H2,2-3H3/t16-/m1/s1. The van der Waals surface area contributed by atoms with Gasteiger partial charge in [0, 0.05) is 6.54 Å². The molecule has 0 radical (unpaired) electrons. The molecule has 1 aromatic carbocycles. The van der Waals surface area contributed by atoms with Crippen molar-refractivity contribution in [2.24, 2.45) is 0 Å². The molecule has 0 saturated carbocycles. The van der Waals surface area contributed by atoms with Crippen LogP contribution in [-0.4, -0.2) is 29.7 Å². The Bertz CT molecular complexity index is 412. The molecule has 1 aromatic rings. The molecule has 0 unspecified atom stereocenters. The third-order valence-corrected chi connectivity index (χ3v) is 2.83. The highest BCUT2D eigenvalue weighted by atomic mass is 16.3. The number of aliphatic hydroxyl groups is 1. The molecule has 2 heteroatoms. The fourth-order valence-corrected chi connectivity index (χ4v) is 1.83. The van der Waals surface area contributed by atoms with E-state index in [1.807, 2.05) is 30.3 Å². The Morgan fingerprint density at radius 2 is 2.06 bits per heavy atom. The smallest absolute Gasteiger partial charge is 0.0629 e. The zero-order chi connectivity index (χ0) is 13.4. The van der Waals surface area contributed by atoms with E-state index in [0.29, 0.717) is 6.54 Å². The van der Waals surface area contributed by atoms with Gasteiger partial charge in [-0.15, -0.1) is 6.42 Å². The predicted molar refractivity (Wildman–Crippen MR) is 76.1 cm³/mol. The van der Waals surface area contributed by atoms with E-state index in [1.54, 1.807) is 0 Å². The van der Waals surface area contributed by atoms with Crippen molar-refractivity contribution in [2.45, 2.75) is 19.9 Å². The van der Waals surface area contributed by atoms with E-state index in [-0.39, 0.29) is 12.6 Å². The van der Waals surface area contributed by atoms with Crippen molar-refractivity contribution in [3.8, 4) is 12.3 Å². The highest BCUT2D eigenvalue weighted by Gasteiger charge is 2.17. The molecule has 0 heterocycles. The Morgan fingerprint density at radius 1 is 1.39 bits per heavy atom. The number of rotatable bonds is 6. The van der Waals surface area contributed by atoms with Gasteiger partial charge in [0.1, 0.15) is 0 Å². The van der Waals surface area contributed by atoms with E-state index in [9.17, 15) is 5.11 Å². The molecular formula is C16H21NO. The van der Waals surface area contributed by atoms with Crippen LogP contribution in [0.15, 0.2) is 42.0 Å². The van der Waals surface area contributed by atoms with Gasteiger partial charge in [-0.05, 0) is 19.4 Å². The maximum atomic E-state index is 9.61. The summed E-state index contributed by atoms with van der Waals surface area (Å²) in [5, 5.41) is 9.61. The number of benzene rings is 1. The van der Waals surface area contributed by atoms with Crippen LogP contribution in [0.2, 0.25) is 0 Å². The molecule has 1 atom stereocenters. The van der Waals surface area contributed by atoms with Crippen molar-refractivity contribution in [3.63, 3.8) is 0 Å². The fourth-order valence-electron chi connectivity index (χ4n) is 1.83. The van der Waals surface area contributed by atoms with Crippen LogP contribution in [0.4, 0.5) is 0 Å². The molecule has 2 nitrogen and oxygen atoms in total. The third kappa shape index (κ3) is 4.37. The number of hydrogen-bond acceptors (Lipinski definition) is 2. The maximum Gasteiger partial charge on any atom is 0.0629 e. The van der Waals surface area contributed by atoms with Crippen LogP contribution in [0.3, 0.4) is 0 Å². The molecule has 0 fully saturated rings. The van der Waals surface area contributed by atoms with Gasteiger partial charge < -0.3 is 5.11 Å². The lowest BCUT2D eigenvalue weighted by Crippen LogP contribution is -2.32. The van der Waals surface area contributed by atoms with Crippen LogP contribution in [-0.2, 0) is 0 Å². The second-order valence-electron chi connectivity index (χ2n) is 4.52. The lowest BCUT2D eigenvalue weighted by Gasteiger charge is -2.28. The van der Waals surface area contributed by atoms with Gasteiger partial charge in [-0.3, -0.25) is 4.90 Å². The van der Waals surface area contributed by atoms with Crippen LogP contribution in [0.1, 0.15) is 25.5 Å². The van der Waals surface area contributed by atoms with Gasteiger partial charge in [0.2, 0.25) is 0 Å². The summed E-state index contributed by atoms with van der Waals surface area (Å²) < 4.78 is 0. The minimum Gasteiger partial charge on any atom is -0.394 e. The Labute approximate surface area is 110 Å². The molecule has 18 heavy (non-hydrogen) atoms. The van der Waals surface area contributed by atoms with Crippen LogP contribution >= 0.6 is 0 Å². The highest BCUT2D eigenvalue weighted by Crippen LogP contribution is 2.19. The maximum absolute atomic E-state index is 9.61. The van der Waals surface area contributed by atoms with E-state index < -0.39 is 0 Å². The first-order valence-corrected chi connectivity index (χ1v) is 6.15. The van der Waals surface area contributed by atoms with Crippen molar-refractivity contribution in [3.05, 3.63) is 47.5 Å². The van der Waals surface area contributed by atoms with Gasteiger partial charge in [0.15, 0.2) is 0 Å². The highest BCUT2D eigenvalue weighted by molar-refractivity contribution is 5.20. The van der Waals surface area contributed by atoms with Gasteiger partial charge in [0.05, 0.1) is 19.2 Å². The number of nitrogens with zero attached hydrogens (tertiary/aromatic N) is 1. The predicted octanol–water partition coefficient (Wildman–Crippen LogP) is 2.62. The van der Waals surface area contributed by atoms with Crippen LogP contribution in [0, 0.1) is 12.3 Å². The molecule has 0 bridgehead atoms. The van der Waals surface area contributed by atoms with Crippen LogP contribution in [0.25, 0.3) is 0 Å². The molecule has 0 aromatic heterocycles. The van der Waals surface area contributed by atoms with E-state index >= 15 is 0 Å². The second kappa shape index (κ2) is 7.71. The average molecular weight is 243 g/mol. The monoisotopic (exact) mass is 243 g/mol. The summed E-state index contributed by atoms with van der Waals surface area (Å²) in [7, 11) is 0. The average Bonchev–Trinajstić information content (AvgIpc) is 2.38. The first-order chi connectivity index (χ1) is 8.69. The minimum absolute atomic E-state index is 0.0437. The van der Waals surface area contributed by atoms with E-state index in [1.165, 1.54) is 5.57 Å². The molecule has 0 amide bonds. The van der Waals surface area contributed by atoms with E-state index in [0.717, 1.165) is 12.1 Å². The van der Waals surface area contributed by atoms with Gasteiger partial charge >= 0.3 is 0 Å². The number of allylic oxidation sites excluding steroid dienone is 1. The summed E-state index contributed by atoms with van der Waals surface area (Å²) in [6.07, 6.45) is 7.54. The first kappa shape index (κ1) is 14.5. The van der Waals surface area contributed by atoms with Crippen molar-refractivity contribution >= 4 is 0 Å². The summed E-state index contributed by atoms with van der Waals surface area (Å²) in [4.78, 5) is 2.10. The lowest BCUT2D eigenvalue weighted by atomic mass is 10.1. The number of terminal acetylenes is 1. The molecule has 1 N–H and O–H groups in total. The van der Waals surface area contributed by atoms with E-state index in [2.05, 4.69) is 30.7 Å². The van der Waals surface area contributed by atoms with Gasteiger partial charge in [0.25, 0.3) is 0 Å². The molecule has 0 aliphatic heterocycles. The van der Waals surface area contributed by atoms with Crippen molar-refractivity contribution in [2.75, 3.05) is 19.7 Å². The largest absolute Gasteiger partial charge is 0.394 e. The quantitative estimate of drug-likeness (QED) is 0.613. The van der Waals surface area contributed by atoms with Crippen molar-refractivity contribution in [1.29, 1.82) is 0 Å². The molecule has 1 rings (SSSR count). The van der Waals surface area contributed by atoms with Crippen LogP contribution < -0.4 is 0 Å². The Hall–Kier alpha value is -1.56. The Kier molecular flexibility index (Phi) is 6.21. The topological polar surface area (TPSA) is 23.5 Å². The van der Waals surface area contributed by atoms with Crippen molar-refractivity contribution in [1.82, 2.24) is 4.90 Å². The molecule has 0 saturated heterocycles. The summed E-state index contributed by atoms with van der Waals surface area (Å²) in [5.41, 5.74) is 2.35. The Morgan fingerprint density at radius 3 is 2.56 bits per heavy atom. The second-order valence-corrected chi connectivity index (χ2v) is 4.52. The van der Waals surface area contributed by atoms with E-state index in [4.69, 9.17) is 6.42 Å². The number of aliphatic hydroxyl groups excluding tert-OH is 1. The Balaban J connectivity index is 2.88. The lowest BCUT2D eigenvalue weighted by molar-refractivity contribution is 0.147. The molecule has 96 valence electrons. The van der Waals surface area contributed by atoms with Gasteiger partial charge in [-0.25, -0.2) is 0 Å². The summed E-state index contributed by atoms with van der Waals surface area (Å²) in [6.45, 7) is 5.48. The summed E-state index contributed by atoms with van der Waals surface area (Å²) >= 11 is 0. The number of hydrogen-bond donors (Lipinski definition) is 1. The molecular weight excluding hydrogens is 222 g/mol.